The molecule has 0 bridgehead atoms. The highest BCUT2D eigenvalue weighted by molar-refractivity contribution is 7.92. The molecule has 1 fully saturated rings. The zero-order valence-corrected chi connectivity index (χ0v) is 18.1. The summed E-state index contributed by atoms with van der Waals surface area (Å²) in [6.07, 6.45) is 2.02. The molecule has 3 rings (SSSR count). The van der Waals surface area contributed by atoms with E-state index in [0.29, 0.717) is 18.8 Å². The molecular weight excluding hydrogens is 386 g/mol. The normalized spacial score (nSPS) is 15.8. The van der Waals surface area contributed by atoms with Crippen molar-refractivity contribution in [2.75, 3.05) is 41.6 Å². The van der Waals surface area contributed by atoms with Gasteiger partial charge in [-0.05, 0) is 43.2 Å². The standard InChI is InChI=1S/C22H29N3O3S/c1-4-19-10-12-21(13-11-19)25(29(3,27)28)18(2)22(26)24-16-14-23(15-17-24)20-8-6-5-7-9-20/h5-13,18H,4,14-17H2,1-3H3/t18-/m0/s1. The molecule has 0 aromatic heterocycles. The van der Waals surface area contributed by atoms with E-state index in [4.69, 9.17) is 0 Å². The van der Waals surface area contributed by atoms with E-state index in [0.717, 1.165) is 37.0 Å². The first-order chi connectivity index (χ1) is 13.8. The fraction of sp³-hybridized carbons (Fsp3) is 0.409. The number of hydrogen-bond donors (Lipinski definition) is 0. The Labute approximate surface area is 173 Å². The van der Waals surface area contributed by atoms with Crippen molar-refractivity contribution in [2.24, 2.45) is 0 Å². The average Bonchev–Trinajstić information content (AvgIpc) is 2.73. The van der Waals surface area contributed by atoms with Crippen LogP contribution in [0, 0.1) is 0 Å². The lowest BCUT2D eigenvalue weighted by Gasteiger charge is -2.39. The molecule has 1 saturated heterocycles. The van der Waals surface area contributed by atoms with E-state index in [2.05, 4.69) is 17.0 Å². The topological polar surface area (TPSA) is 60.9 Å². The van der Waals surface area contributed by atoms with Crippen LogP contribution in [0.4, 0.5) is 11.4 Å². The minimum absolute atomic E-state index is 0.164. The smallest absolute Gasteiger partial charge is 0.246 e. The van der Waals surface area contributed by atoms with Gasteiger partial charge in [0.1, 0.15) is 6.04 Å². The molecule has 0 aliphatic carbocycles. The summed E-state index contributed by atoms with van der Waals surface area (Å²) < 4.78 is 26.2. The molecule has 1 amide bonds. The summed E-state index contributed by atoms with van der Waals surface area (Å²) in [5.41, 5.74) is 2.79. The lowest BCUT2D eigenvalue weighted by molar-refractivity contribution is -0.132. The molecule has 156 valence electrons. The number of para-hydroxylation sites is 1. The van der Waals surface area contributed by atoms with Gasteiger partial charge in [-0.3, -0.25) is 9.10 Å². The summed E-state index contributed by atoms with van der Waals surface area (Å²) in [6.45, 7) is 6.32. The number of anilines is 2. The van der Waals surface area contributed by atoms with Crippen LogP contribution in [-0.2, 0) is 21.2 Å². The molecular formula is C22H29N3O3S. The Bertz CT molecular complexity index is 922. The second-order valence-electron chi connectivity index (χ2n) is 7.40. The first-order valence-electron chi connectivity index (χ1n) is 9.98. The van der Waals surface area contributed by atoms with Crippen molar-refractivity contribution in [2.45, 2.75) is 26.3 Å². The predicted octanol–water partition coefficient (Wildman–Crippen LogP) is 2.75. The van der Waals surface area contributed by atoms with Crippen LogP contribution in [-0.4, -0.2) is 57.7 Å². The van der Waals surface area contributed by atoms with Crippen molar-refractivity contribution < 1.29 is 13.2 Å². The minimum atomic E-state index is -3.60. The van der Waals surface area contributed by atoms with Gasteiger partial charge >= 0.3 is 0 Å². The molecule has 29 heavy (non-hydrogen) atoms. The highest BCUT2D eigenvalue weighted by Gasteiger charge is 2.33. The summed E-state index contributed by atoms with van der Waals surface area (Å²) in [6, 6.07) is 16.7. The zero-order valence-electron chi connectivity index (χ0n) is 17.3. The van der Waals surface area contributed by atoms with Crippen LogP contribution in [0.1, 0.15) is 19.4 Å². The fourth-order valence-corrected chi connectivity index (χ4v) is 4.94. The number of rotatable bonds is 6. The third-order valence-corrected chi connectivity index (χ3v) is 6.62. The van der Waals surface area contributed by atoms with Crippen molar-refractivity contribution in [3.8, 4) is 0 Å². The van der Waals surface area contributed by atoms with Crippen LogP contribution < -0.4 is 9.21 Å². The van der Waals surface area contributed by atoms with E-state index in [1.807, 2.05) is 37.3 Å². The van der Waals surface area contributed by atoms with Crippen LogP contribution >= 0.6 is 0 Å². The van der Waals surface area contributed by atoms with Crippen LogP contribution in [0.3, 0.4) is 0 Å². The maximum Gasteiger partial charge on any atom is 0.246 e. The number of carbonyl (C=O) groups is 1. The lowest BCUT2D eigenvalue weighted by atomic mass is 10.1. The van der Waals surface area contributed by atoms with Gasteiger partial charge in [-0.1, -0.05) is 37.3 Å². The van der Waals surface area contributed by atoms with E-state index in [-0.39, 0.29) is 5.91 Å². The molecule has 7 heteroatoms. The van der Waals surface area contributed by atoms with Crippen molar-refractivity contribution >= 4 is 27.3 Å². The fourth-order valence-electron chi connectivity index (χ4n) is 3.77. The SMILES string of the molecule is CCc1ccc(N([C@@H](C)C(=O)N2CCN(c3ccccc3)CC2)S(C)(=O)=O)cc1. The molecule has 1 heterocycles. The third-order valence-electron chi connectivity index (χ3n) is 5.38. The molecule has 0 saturated carbocycles. The first-order valence-corrected chi connectivity index (χ1v) is 11.8. The van der Waals surface area contributed by atoms with Gasteiger partial charge in [0.25, 0.3) is 0 Å². The molecule has 1 aliphatic heterocycles. The lowest BCUT2D eigenvalue weighted by Crippen LogP contribution is -2.55. The summed E-state index contributed by atoms with van der Waals surface area (Å²) in [5, 5.41) is 0. The molecule has 2 aromatic rings. The van der Waals surface area contributed by atoms with Gasteiger partial charge in [0.2, 0.25) is 15.9 Å². The van der Waals surface area contributed by atoms with Crippen LogP contribution in [0.2, 0.25) is 0 Å². The second-order valence-corrected chi connectivity index (χ2v) is 9.26. The summed E-state index contributed by atoms with van der Waals surface area (Å²) in [5.74, 6) is -0.164. The van der Waals surface area contributed by atoms with Crippen LogP contribution in [0.15, 0.2) is 54.6 Å². The second kappa shape index (κ2) is 8.86. The number of aryl methyl sites for hydroxylation is 1. The molecule has 1 aliphatic rings. The molecule has 1 atom stereocenters. The minimum Gasteiger partial charge on any atom is -0.368 e. The van der Waals surface area contributed by atoms with Crippen LogP contribution in [0.5, 0.6) is 0 Å². The number of sulfonamides is 1. The summed E-state index contributed by atoms with van der Waals surface area (Å²) in [7, 11) is -3.60. The summed E-state index contributed by atoms with van der Waals surface area (Å²) >= 11 is 0. The number of amides is 1. The molecule has 0 spiro atoms. The van der Waals surface area contributed by atoms with Crippen molar-refractivity contribution in [1.29, 1.82) is 0 Å². The Morgan fingerprint density at radius 2 is 1.59 bits per heavy atom. The quantitative estimate of drug-likeness (QED) is 0.728. The van der Waals surface area contributed by atoms with Gasteiger partial charge in [0.05, 0.1) is 11.9 Å². The Kier molecular flexibility index (Phi) is 6.47. The van der Waals surface area contributed by atoms with Crippen molar-refractivity contribution in [1.82, 2.24) is 4.90 Å². The van der Waals surface area contributed by atoms with Gasteiger partial charge in [-0.2, -0.15) is 0 Å². The van der Waals surface area contributed by atoms with E-state index >= 15 is 0 Å². The monoisotopic (exact) mass is 415 g/mol. The number of hydrogen-bond acceptors (Lipinski definition) is 4. The Morgan fingerprint density at radius 1 is 1.00 bits per heavy atom. The van der Waals surface area contributed by atoms with Crippen LogP contribution in [0.25, 0.3) is 0 Å². The van der Waals surface area contributed by atoms with E-state index in [9.17, 15) is 13.2 Å². The molecule has 0 N–H and O–H groups in total. The van der Waals surface area contributed by atoms with E-state index in [1.165, 1.54) is 4.31 Å². The van der Waals surface area contributed by atoms with Gasteiger partial charge in [0, 0.05) is 31.9 Å². The van der Waals surface area contributed by atoms with E-state index in [1.54, 1.807) is 24.0 Å². The number of piperazine rings is 1. The molecule has 0 unspecified atom stereocenters. The Hall–Kier alpha value is -2.54. The van der Waals surface area contributed by atoms with E-state index < -0.39 is 16.1 Å². The maximum atomic E-state index is 13.1. The summed E-state index contributed by atoms with van der Waals surface area (Å²) in [4.78, 5) is 17.1. The van der Waals surface area contributed by atoms with Crippen molar-refractivity contribution in [3.05, 3.63) is 60.2 Å². The molecule has 0 radical (unpaired) electrons. The number of carbonyl (C=O) groups excluding carboxylic acids is 1. The van der Waals surface area contributed by atoms with Gasteiger partial charge < -0.3 is 9.80 Å². The molecule has 2 aromatic carbocycles. The Balaban J connectivity index is 1.73. The number of nitrogens with zero attached hydrogens (tertiary/aromatic N) is 3. The van der Waals surface area contributed by atoms with Gasteiger partial charge in [-0.25, -0.2) is 8.42 Å². The zero-order chi connectivity index (χ0) is 21.0. The van der Waals surface area contributed by atoms with Gasteiger partial charge in [-0.15, -0.1) is 0 Å². The maximum absolute atomic E-state index is 13.1. The number of benzene rings is 2. The van der Waals surface area contributed by atoms with Crippen molar-refractivity contribution in [3.63, 3.8) is 0 Å². The highest BCUT2D eigenvalue weighted by Crippen LogP contribution is 2.23. The molecule has 6 nitrogen and oxygen atoms in total. The van der Waals surface area contributed by atoms with Gasteiger partial charge in [0.15, 0.2) is 0 Å². The average molecular weight is 416 g/mol. The predicted molar refractivity (Wildman–Crippen MR) is 118 cm³/mol. The largest absolute Gasteiger partial charge is 0.368 e. The Morgan fingerprint density at radius 3 is 2.10 bits per heavy atom. The first kappa shape index (κ1) is 21.2. The highest BCUT2D eigenvalue weighted by atomic mass is 32.2. The third kappa shape index (κ3) is 4.90.